The summed E-state index contributed by atoms with van der Waals surface area (Å²) in [4.78, 5) is 21.9. The summed E-state index contributed by atoms with van der Waals surface area (Å²) in [6.07, 6.45) is 3.25. The van der Waals surface area contributed by atoms with Gasteiger partial charge in [-0.3, -0.25) is 9.69 Å². The van der Waals surface area contributed by atoms with Gasteiger partial charge in [0, 0.05) is 30.1 Å². The van der Waals surface area contributed by atoms with Crippen LogP contribution < -0.4 is 4.90 Å². The van der Waals surface area contributed by atoms with Crippen LogP contribution in [-0.4, -0.2) is 42.0 Å². The Morgan fingerprint density at radius 1 is 1.21 bits per heavy atom. The van der Waals surface area contributed by atoms with Gasteiger partial charge in [-0.05, 0) is 36.7 Å². The molecule has 0 atom stereocenters. The fraction of sp³-hybridized carbons (Fsp3) is 0.300. The molecule has 0 fully saturated rings. The number of nitrogens with zero attached hydrogens (tertiary/aromatic N) is 3. The summed E-state index contributed by atoms with van der Waals surface area (Å²) in [5.41, 5.74) is 0.0873. The van der Waals surface area contributed by atoms with Crippen molar-refractivity contribution < 1.29 is 13.6 Å². The summed E-state index contributed by atoms with van der Waals surface area (Å²) < 4.78 is 28.0. The number of hydrogen-bond donors (Lipinski definition) is 0. The fourth-order valence-corrected chi connectivity index (χ4v) is 4.43. The molecular weight excluding hydrogens is 400 g/mol. The van der Waals surface area contributed by atoms with Crippen LogP contribution >= 0.6 is 22.7 Å². The molecular formula is C20H21F2N3OS2. The Morgan fingerprint density at radius 3 is 2.68 bits per heavy atom. The van der Waals surface area contributed by atoms with Crippen molar-refractivity contribution in [3.05, 3.63) is 52.2 Å². The zero-order valence-corrected chi connectivity index (χ0v) is 17.3. The highest BCUT2D eigenvalue weighted by Crippen LogP contribution is 2.31. The first-order chi connectivity index (χ1) is 13.5. The normalized spacial score (nSPS) is 11.8. The van der Waals surface area contributed by atoms with Crippen LogP contribution in [0.25, 0.3) is 16.3 Å². The molecule has 148 valence electrons. The smallest absolute Gasteiger partial charge is 0.252 e. The van der Waals surface area contributed by atoms with Crippen molar-refractivity contribution in [2.75, 3.05) is 31.1 Å². The number of rotatable bonds is 8. The highest BCUT2D eigenvalue weighted by atomic mass is 32.1. The standard InChI is InChI=1S/C20H21F2N3OS2/c1-3-24(4-2)9-10-25(18(26)8-7-15-6-5-11-27-15)20-23-19-16(22)12-14(21)13-17(19)28-20/h5-8,11-13H,3-4,9-10H2,1-2H3. The summed E-state index contributed by atoms with van der Waals surface area (Å²) in [6.45, 7) is 6.93. The van der Waals surface area contributed by atoms with Crippen LogP contribution in [0.4, 0.5) is 13.9 Å². The molecule has 0 saturated carbocycles. The Labute approximate surface area is 170 Å². The number of fused-ring (bicyclic) bond motifs is 1. The van der Waals surface area contributed by atoms with Crippen molar-refractivity contribution in [3.63, 3.8) is 0 Å². The lowest BCUT2D eigenvalue weighted by atomic mass is 10.3. The van der Waals surface area contributed by atoms with E-state index in [2.05, 4.69) is 23.7 Å². The quantitative estimate of drug-likeness (QED) is 0.479. The van der Waals surface area contributed by atoms with Crippen LogP contribution in [0.5, 0.6) is 0 Å². The first-order valence-electron chi connectivity index (χ1n) is 9.02. The van der Waals surface area contributed by atoms with Crippen LogP contribution in [0.2, 0.25) is 0 Å². The van der Waals surface area contributed by atoms with Gasteiger partial charge in [-0.1, -0.05) is 31.3 Å². The average Bonchev–Trinajstić information content (AvgIpc) is 3.33. The third-order valence-electron chi connectivity index (χ3n) is 4.37. The molecule has 0 aliphatic carbocycles. The zero-order valence-electron chi connectivity index (χ0n) is 15.7. The largest absolute Gasteiger partial charge is 0.302 e. The van der Waals surface area contributed by atoms with Gasteiger partial charge in [-0.2, -0.15) is 0 Å². The van der Waals surface area contributed by atoms with E-state index in [0.717, 1.165) is 35.4 Å². The number of thiophene rings is 1. The molecule has 0 bridgehead atoms. The van der Waals surface area contributed by atoms with Gasteiger partial charge in [0.25, 0.3) is 5.91 Å². The highest BCUT2D eigenvalue weighted by molar-refractivity contribution is 7.22. The van der Waals surface area contributed by atoms with E-state index in [4.69, 9.17) is 0 Å². The Hall–Kier alpha value is -2.16. The van der Waals surface area contributed by atoms with E-state index in [1.165, 1.54) is 28.4 Å². The number of thiazole rings is 1. The molecule has 0 aliphatic heterocycles. The molecule has 4 nitrogen and oxygen atoms in total. The predicted octanol–water partition coefficient (Wildman–Crippen LogP) is 5.02. The minimum Gasteiger partial charge on any atom is -0.302 e. The number of aromatic nitrogens is 1. The maximum atomic E-state index is 14.1. The van der Waals surface area contributed by atoms with E-state index in [9.17, 15) is 13.6 Å². The molecule has 1 amide bonds. The monoisotopic (exact) mass is 421 g/mol. The molecule has 2 aromatic heterocycles. The Kier molecular flexibility index (Phi) is 6.88. The number of halogens is 2. The topological polar surface area (TPSA) is 36.4 Å². The van der Waals surface area contributed by atoms with E-state index < -0.39 is 11.6 Å². The number of benzene rings is 1. The highest BCUT2D eigenvalue weighted by Gasteiger charge is 2.20. The minimum atomic E-state index is -0.720. The van der Waals surface area contributed by atoms with Gasteiger partial charge in [-0.15, -0.1) is 11.3 Å². The Balaban J connectivity index is 1.90. The van der Waals surface area contributed by atoms with Gasteiger partial charge < -0.3 is 4.90 Å². The summed E-state index contributed by atoms with van der Waals surface area (Å²) >= 11 is 2.65. The fourth-order valence-electron chi connectivity index (χ4n) is 2.77. The molecule has 0 spiro atoms. The van der Waals surface area contributed by atoms with Crippen LogP contribution in [0.3, 0.4) is 0 Å². The summed E-state index contributed by atoms with van der Waals surface area (Å²) in [6, 6.07) is 5.89. The molecule has 28 heavy (non-hydrogen) atoms. The van der Waals surface area contributed by atoms with Gasteiger partial charge in [-0.25, -0.2) is 13.8 Å². The lowest BCUT2D eigenvalue weighted by Crippen LogP contribution is -2.38. The molecule has 0 aliphatic rings. The number of likely N-dealkylation sites (N-methyl/N-ethyl adjacent to an activating group) is 1. The third-order valence-corrected chi connectivity index (χ3v) is 6.23. The second kappa shape index (κ2) is 9.36. The number of hydrogen-bond acceptors (Lipinski definition) is 5. The van der Waals surface area contributed by atoms with Crippen LogP contribution in [0, 0.1) is 11.6 Å². The Morgan fingerprint density at radius 2 is 2.00 bits per heavy atom. The van der Waals surface area contributed by atoms with Crippen LogP contribution in [0.1, 0.15) is 18.7 Å². The molecule has 8 heteroatoms. The van der Waals surface area contributed by atoms with Gasteiger partial charge in [0.05, 0.1) is 4.70 Å². The average molecular weight is 422 g/mol. The van der Waals surface area contributed by atoms with Gasteiger partial charge in [0.15, 0.2) is 10.9 Å². The van der Waals surface area contributed by atoms with Crippen molar-refractivity contribution in [2.45, 2.75) is 13.8 Å². The van der Waals surface area contributed by atoms with Gasteiger partial charge in [0.1, 0.15) is 11.3 Å². The second-order valence-corrected chi connectivity index (χ2v) is 8.08. The maximum absolute atomic E-state index is 14.1. The molecule has 1 aromatic carbocycles. The number of carbonyl (C=O) groups excluding carboxylic acids is 1. The third kappa shape index (κ3) is 4.81. The second-order valence-electron chi connectivity index (χ2n) is 6.10. The molecule has 0 N–H and O–H groups in total. The van der Waals surface area contributed by atoms with Gasteiger partial charge >= 0.3 is 0 Å². The molecule has 2 heterocycles. The predicted molar refractivity (Wildman–Crippen MR) is 113 cm³/mol. The number of carbonyl (C=O) groups is 1. The first-order valence-corrected chi connectivity index (χ1v) is 10.7. The van der Waals surface area contributed by atoms with E-state index >= 15 is 0 Å². The molecule has 3 aromatic rings. The van der Waals surface area contributed by atoms with E-state index in [-0.39, 0.29) is 11.4 Å². The van der Waals surface area contributed by atoms with Crippen molar-refractivity contribution in [1.29, 1.82) is 0 Å². The van der Waals surface area contributed by atoms with Crippen molar-refractivity contribution in [2.24, 2.45) is 0 Å². The lowest BCUT2D eigenvalue weighted by molar-refractivity contribution is -0.114. The van der Waals surface area contributed by atoms with Crippen molar-refractivity contribution >= 4 is 50.0 Å². The molecule has 3 rings (SSSR count). The van der Waals surface area contributed by atoms with Gasteiger partial charge in [0.2, 0.25) is 0 Å². The molecule has 0 radical (unpaired) electrons. The SMILES string of the molecule is CCN(CC)CCN(C(=O)C=Cc1cccs1)c1nc2c(F)cc(F)cc2s1. The van der Waals surface area contributed by atoms with Crippen molar-refractivity contribution in [1.82, 2.24) is 9.88 Å². The summed E-state index contributed by atoms with van der Waals surface area (Å²) in [7, 11) is 0. The summed E-state index contributed by atoms with van der Waals surface area (Å²) in [5, 5.41) is 2.31. The Bertz CT molecular complexity index is 965. The molecule has 0 unspecified atom stereocenters. The van der Waals surface area contributed by atoms with E-state index in [0.29, 0.717) is 22.9 Å². The zero-order chi connectivity index (χ0) is 20.1. The maximum Gasteiger partial charge on any atom is 0.252 e. The van der Waals surface area contributed by atoms with E-state index in [1.807, 2.05) is 17.5 Å². The molecule has 0 saturated heterocycles. The first kappa shape index (κ1) is 20.6. The van der Waals surface area contributed by atoms with Crippen LogP contribution in [-0.2, 0) is 4.79 Å². The number of anilines is 1. The summed E-state index contributed by atoms with van der Waals surface area (Å²) in [5.74, 6) is -1.61. The van der Waals surface area contributed by atoms with E-state index in [1.54, 1.807) is 6.08 Å². The lowest BCUT2D eigenvalue weighted by Gasteiger charge is -2.23. The number of amides is 1. The van der Waals surface area contributed by atoms with Crippen LogP contribution in [0.15, 0.2) is 35.7 Å². The minimum absolute atomic E-state index is 0.0873. The van der Waals surface area contributed by atoms with Crippen molar-refractivity contribution in [3.8, 4) is 0 Å².